The van der Waals surface area contributed by atoms with E-state index in [-0.39, 0.29) is 6.09 Å². The smallest absolute Gasteiger partial charge is 0.415 e. The molecule has 0 radical (unpaired) electrons. The SMILES string of the molecule is Cc1cccc(N(Cc2ccc3ccccc3n2)C(=O)OC(C)(C)C)c1. The molecule has 0 aliphatic carbocycles. The molecule has 0 bridgehead atoms. The number of rotatable bonds is 3. The lowest BCUT2D eigenvalue weighted by atomic mass is 10.1. The van der Waals surface area contributed by atoms with Gasteiger partial charge >= 0.3 is 6.09 Å². The van der Waals surface area contributed by atoms with Gasteiger partial charge in [-0.15, -0.1) is 0 Å². The van der Waals surface area contributed by atoms with E-state index in [4.69, 9.17) is 9.72 Å². The molecule has 3 rings (SSSR count). The lowest BCUT2D eigenvalue weighted by Gasteiger charge is -2.27. The number of hydrogen-bond acceptors (Lipinski definition) is 3. The van der Waals surface area contributed by atoms with Crippen molar-refractivity contribution >= 4 is 22.7 Å². The molecule has 1 heterocycles. The van der Waals surface area contributed by atoms with Gasteiger partial charge in [0.25, 0.3) is 0 Å². The Morgan fingerprint density at radius 3 is 2.54 bits per heavy atom. The molecule has 0 spiro atoms. The maximum Gasteiger partial charge on any atom is 0.415 e. The molecule has 4 heteroatoms. The number of aryl methyl sites for hydroxylation is 1. The van der Waals surface area contributed by atoms with Gasteiger partial charge in [0.2, 0.25) is 0 Å². The monoisotopic (exact) mass is 348 g/mol. The Labute approximate surface area is 154 Å². The Morgan fingerprint density at radius 2 is 1.81 bits per heavy atom. The average molecular weight is 348 g/mol. The predicted molar refractivity (Wildman–Crippen MR) is 105 cm³/mol. The summed E-state index contributed by atoms with van der Waals surface area (Å²) in [6, 6.07) is 19.8. The van der Waals surface area contributed by atoms with Crippen molar-refractivity contribution in [2.75, 3.05) is 4.90 Å². The standard InChI is InChI=1S/C22H24N2O2/c1-16-8-7-10-19(14-16)24(21(25)26-22(2,3)4)15-18-13-12-17-9-5-6-11-20(17)23-18/h5-14H,15H2,1-4H3. The first kappa shape index (κ1) is 17.9. The van der Waals surface area contributed by atoms with Crippen LogP contribution >= 0.6 is 0 Å². The van der Waals surface area contributed by atoms with Gasteiger partial charge in [-0.05, 0) is 57.5 Å². The van der Waals surface area contributed by atoms with E-state index in [1.54, 1.807) is 4.90 Å². The maximum absolute atomic E-state index is 12.8. The normalized spacial score (nSPS) is 11.4. The average Bonchev–Trinajstić information content (AvgIpc) is 2.58. The van der Waals surface area contributed by atoms with E-state index in [0.717, 1.165) is 27.8 Å². The second-order valence-corrected chi connectivity index (χ2v) is 7.40. The number of nitrogens with zero attached hydrogens (tertiary/aromatic N) is 2. The molecule has 1 aromatic heterocycles. The van der Waals surface area contributed by atoms with Crippen molar-refractivity contribution in [1.82, 2.24) is 4.98 Å². The van der Waals surface area contributed by atoms with E-state index in [1.165, 1.54) is 0 Å². The first-order chi connectivity index (χ1) is 12.3. The molecular formula is C22H24N2O2. The third-order valence-corrected chi connectivity index (χ3v) is 3.90. The minimum absolute atomic E-state index is 0.350. The van der Waals surface area contributed by atoms with Crippen LogP contribution in [-0.4, -0.2) is 16.7 Å². The summed E-state index contributed by atoms with van der Waals surface area (Å²) in [5.41, 5.74) is 3.06. The number of para-hydroxylation sites is 1. The first-order valence-electron chi connectivity index (χ1n) is 8.74. The molecule has 0 saturated heterocycles. The third kappa shape index (κ3) is 4.39. The Morgan fingerprint density at radius 1 is 1.04 bits per heavy atom. The molecule has 0 aliphatic heterocycles. The number of hydrogen-bond donors (Lipinski definition) is 0. The van der Waals surface area contributed by atoms with Gasteiger partial charge in [-0.2, -0.15) is 0 Å². The van der Waals surface area contributed by atoms with Crippen LogP contribution in [0.4, 0.5) is 10.5 Å². The highest BCUT2D eigenvalue weighted by molar-refractivity contribution is 5.88. The van der Waals surface area contributed by atoms with Crippen LogP contribution in [0.3, 0.4) is 0 Å². The van der Waals surface area contributed by atoms with Gasteiger partial charge < -0.3 is 4.74 Å². The summed E-state index contributed by atoms with van der Waals surface area (Å²) in [4.78, 5) is 19.1. The Hall–Kier alpha value is -2.88. The molecule has 2 aromatic carbocycles. The maximum atomic E-state index is 12.8. The summed E-state index contributed by atoms with van der Waals surface area (Å²) in [5, 5.41) is 1.08. The zero-order valence-electron chi connectivity index (χ0n) is 15.7. The summed E-state index contributed by atoms with van der Waals surface area (Å²) < 4.78 is 5.61. The third-order valence-electron chi connectivity index (χ3n) is 3.90. The number of aromatic nitrogens is 1. The summed E-state index contributed by atoms with van der Waals surface area (Å²) in [6.45, 7) is 7.96. The second-order valence-electron chi connectivity index (χ2n) is 7.40. The number of amides is 1. The number of ether oxygens (including phenoxy) is 1. The molecule has 0 fully saturated rings. The summed E-state index contributed by atoms with van der Waals surface area (Å²) in [5.74, 6) is 0. The highest BCUT2D eigenvalue weighted by Gasteiger charge is 2.24. The topological polar surface area (TPSA) is 42.4 Å². The number of pyridine rings is 1. The molecule has 134 valence electrons. The Kier molecular flexibility index (Phi) is 4.94. The zero-order valence-corrected chi connectivity index (χ0v) is 15.7. The van der Waals surface area contributed by atoms with Gasteiger partial charge in [0.15, 0.2) is 0 Å². The number of fused-ring (bicyclic) bond motifs is 1. The molecule has 0 unspecified atom stereocenters. The summed E-state index contributed by atoms with van der Waals surface area (Å²) in [6.07, 6.45) is -0.377. The molecule has 0 atom stereocenters. The second kappa shape index (κ2) is 7.16. The lowest BCUT2D eigenvalue weighted by molar-refractivity contribution is 0.0577. The molecule has 1 amide bonds. The van der Waals surface area contributed by atoms with Crippen LogP contribution in [0.15, 0.2) is 60.7 Å². The van der Waals surface area contributed by atoms with Crippen LogP contribution < -0.4 is 4.90 Å². The fourth-order valence-electron chi connectivity index (χ4n) is 2.73. The summed E-state index contributed by atoms with van der Waals surface area (Å²) in [7, 11) is 0. The lowest BCUT2D eigenvalue weighted by Crippen LogP contribution is -2.36. The number of benzene rings is 2. The van der Waals surface area contributed by atoms with Crippen LogP contribution in [0.1, 0.15) is 32.0 Å². The summed E-state index contributed by atoms with van der Waals surface area (Å²) >= 11 is 0. The van der Waals surface area contributed by atoms with Crippen molar-refractivity contribution in [3.05, 3.63) is 71.9 Å². The molecule has 3 aromatic rings. The minimum Gasteiger partial charge on any atom is -0.443 e. The van der Waals surface area contributed by atoms with Gasteiger partial charge in [0.1, 0.15) is 5.60 Å². The van der Waals surface area contributed by atoms with Gasteiger partial charge in [-0.1, -0.05) is 36.4 Å². The molecule has 4 nitrogen and oxygen atoms in total. The number of carbonyl (C=O) groups is 1. The molecule has 0 aliphatic rings. The fourth-order valence-corrected chi connectivity index (χ4v) is 2.73. The van der Waals surface area contributed by atoms with Crippen LogP contribution in [0, 0.1) is 6.92 Å². The highest BCUT2D eigenvalue weighted by atomic mass is 16.6. The van der Waals surface area contributed by atoms with Crippen molar-refractivity contribution < 1.29 is 9.53 Å². The van der Waals surface area contributed by atoms with Crippen molar-refractivity contribution in [3.63, 3.8) is 0 Å². The van der Waals surface area contributed by atoms with E-state index in [2.05, 4.69) is 0 Å². The van der Waals surface area contributed by atoms with E-state index >= 15 is 0 Å². The first-order valence-corrected chi connectivity index (χ1v) is 8.74. The van der Waals surface area contributed by atoms with Crippen LogP contribution in [0.2, 0.25) is 0 Å². The Balaban J connectivity index is 1.95. The van der Waals surface area contributed by atoms with Crippen molar-refractivity contribution in [1.29, 1.82) is 0 Å². The van der Waals surface area contributed by atoms with Crippen molar-refractivity contribution in [2.45, 2.75) is 39.8 Å². The molecule has 26 heavy (non-hydrogen) atoms. The number of carbonyl (C=O) groups excluding carboxylic acids is 1. The highest BCUT2D eigenvalue weighted by Crippen LogP contribution is 2.22. The largest absolute Gasteiger partial charge is 0.443 e. The number of anilines is 1. The van der Waals surface area contributed by atoms with Gasteiger partial charge in [-0.25, -0.2) is 4.79 Å². The van der Waals surface area contributed by atoms with Crippen molar-refractivity contribution in [3.8, 4) is 0 Å². The molecular weight excluding hydrogens is 324 g/mol. The van der Waals surface area contributed by atoms with E-state index < -0.39 is 5.60 Å². The van der Waals surface area contributed by atoms with Crippen molar-refractivity contribution in [2.24, 2.45) is 0 Å². The molecule has 0 N–H and O–H groups in total. The zero-order chi connectivity index (χ0) is 18.7. The molecule has 0 saturated carbocycles. The fraction of sp³-hybridized carbons (Fsp3) is 0.273. The Bertz CT molecular complexity index is 929. The van der Waals surface area contributed by atoms with Crippen LogP contribution in [0.5, 0.6) is 0 Å². The quantitative estimate of drug-likeness (QED) is 0.629. The van der Waals surface area contributed by atoms with Gasteiger partial charge in [0.05, 0.1) is 17.8 Å². The van der Waals surface area contributed by atoms with E-state index in [0.29, 0.717) is 6.54 Å². The van der Waals surface area contributed by atoms with E-state index in [9.17, 15) is 4.79 Å². The predicted octanol–water partition coefficient (Wildman–Crippen LogP) is 5.48. The van der Waals surface area contributed by atoms with Crippen LogP contribution in [0.25, 0.3) is 10.9 Å². The van der Waals surface area contributed by atoms with Gasteiger partial charge in [-0.3, -0.25) is 9.88 Å². The van der Waals surface area contributed by atoms with E-state index in [1.807, 2.05) is 88.4 Å². The van der Waals surface area contributed by atoms with Crippen LogP contribution in [-0.2, 0) is 11.3 Å². The minimum atomic E-state index is -0.560. The van der Waals surface area contributed by atoms with Gasteiger partial charge in [0, 0.05) is 11.1 Å².